The van der Waals surface area contributed by atoms with Crippen LogP contribution in [0.1, 0.15) is 12.5 Å². The molecule has 3 aromatic carbocycles. The highest BCUT2D eigenvalue weighted by atomic mass is 16.3. The van der Waals surface area contributed by atoms with E-state index < -0.39 is 0 Å². The molecule has 25 heavy (non-hydrogen) atoms. The molecular weight excluding hydrogens is 308 g/mol. The summed E-state index contributed by atoms with van der Waals surface area (Å²) in [6.45, 7) is 3.14. The number of rotatable bonds is 7. The van der Waals surface area contributed by atoms with Gasteiger partial charge in [0.25, 0.3) is 0 Å². The lowest BCUT2D eigenvalue weighted by Crippen LogP contribution is -2.23. The zero-order chi connectivity index (χ0) is 17.5. The van der Waals surface area contributed by atoms with Crippen LogP contribution in [-0.2, 0) is 6.54 Å². The minimum atomic E-state index is -0.328. The number of para-hydroxylation sites is 2. The first-order valence-electron chi connectivity index (χ1n) is 8.62. The summed E-state index contributed by atoms with van der Waals surface area (Å²) in [4.78, 5) is 2.24. The third-order valence-electron chi connectivity index (χ3n) is 3.99. The molecule has 0 heterocycles. The molecule has 0 bridgehead atoms. The smallest absolute Gasteiger partial charge is 0.0636 e. The summed E-state index contributed by atoms with van der Waals surface area (Å²) in [6, 6.07) is 29.3. The Morgan fingerprint density at radius 1 is 0.760 bits per heavy atom. The summed E-state index contributed by atoms with van der Waals surface area (Å²) >= 11 is 0. The van der Waals surface area contributed by atoms with Crippen molar-refractivity contribution < 1.29 is 5.11 Å². The van der Waals surface area contributed by atoms with Gasteiger partial charge in [-0.1, -0.05) is 48.5 Å². The van der Waals surface area contributed by atoms with Crippen LogP contribution >= 0.6 is 0 Å². The van der Waals surface area contributed by atoms with Crippen LogP contribution in [0.3, 0.4) is 0 Å². The van der Waals surface area contributed by atoms with E-state index in [1.54, 1.807) is 6.92 Å². The second kappa shape index (κ2) is 8.47. The van der Waals surface area contributed by atoms with E-state index in [9.17, 15) is 5.11 Å². The zero-order valence-corrected chi connectivity index (χ0v) is 14.5. The standard InChI is InChI=1S/C22H24N2O/c1-18(25)16-23-17-19-12-14-22(15-13-19)24(20-8-4-2-5-9-20)21-10-6-3-7-11-21/h2-15,18,23,25H,16-17H2,1H3. The normalized spacial score (nSPS) is 11.9. The maximum atomic E-state index is 9.33. The minimum absolute atomic E-state index is 0.328. The molecule has 0 aromatic heterocycles. The average Bonchev–Trinajstić information content (AvgIpc) is 2.65. The Hall–Kier alpha value is -2.62. The lowest BCUT2D eigenvalue weighted by Gasteiger charge is -2.25. The van der Waals surface area contributed by atoms with Gasteiger partial charge < -0.3 is 15.3 Å². The molecule has 0 spiro atoms. The van der Waals surface area contributed by atoms with Gasteiger partial charge in [0.2, 0.25) is 0 Å². The average molecular weight is 332 g/mol. The van der Waals surface area contributed by atoms with Crippen molar-refractivity contribution in [3.05, 3.63) is 90.5 Å². The Bertz CT molecular complexity index is 716. The van der Waals surface area contributed by atoms with Crippen LogP contribution in [0.2, 0.25) is 0 Å². The molecular formula is C22H24N2O. The third kappa shape index (κ3) is 4.69. The van der Waals surface area contributed by atoms with Crippen LogP contribution in [0, 0.1) is 0 Å². The molecule has 0 saturated heterocycles. The van der Waals surface area contributed by atoms with Crippen molar-refractivity contribution in [2.24, 2.45) is 0 Å². The van der Waals surface area contributed by atoms with Gasteiger partial charge >= 0.3 is 0 Å². The molecule has 0 fully saturated rings. The fourth-order valence-electron chi connectivity index (χ4n) is 2.79. The van der Waals surface area contributed by atoms with Crippen LogP contribution in [0.25, 0.3) is 0 Å². The van der Waals surface area contributed by atoms with E-state index in [4.69, 9.17) is 0 Å². The van der Waals surface area contributed by atoms with E-state index >= 15 is 0 Å². The first kappa shape index (κ1) is 17.2. The van der Waals surface area contributed by atoms with Gasteiger partial charge in [-0.25, -0.2) is 0 Å². The van der Waals surface area contributed by atoms with Crippen molar-refractivity contribution in [1.82, 2.24) is 5.32 Å². The molecule has 0 aliphatic carbocycles. The number of hydrogen-bond donors (Lipinski definition) is 2. The van der Waals surface area contributed by atoms with Gasteiger partial charge in [-0.05, 0) is 48.9 Å². The number of nitrogens with zero attached hydrogens (tertiary/aromatic N) is 1. The van der Waals surface area contributed by atoms with Crippen LogP contribution in [-0.4, -0.2) is 17.8 Å². The Morgan fingerprint density at radius 3 is 1.72 bits per heavy atom. The monoisotopic (exact) mass is 332 g/mol. The predicted molar refractivity (Wildman–Crippen MR) is 105 cm³/mol. The molecule has 3 heteroatoms. The fraction of sp³-hybridized carbons (Fsp3) is 0.182. The lowest BCUT2D eigenvalue weighted by molar-refractivity contribution is 0.191. The molecule has 2 N–H and O–H groups in total. The molecule has 3 nitrogen and oxygen atoms in total. The Balaban J connectivity index is 1.84. The molecule has 0 radical (unpaired) electrons. The number of aliphatic hydroxyl groups is 1. The van der Waals surface area contributed by atoms with Gasteiger partial charge in [0.05, 0.1) is 6.10 Å². The summed E-state index contributed by atoms with van der Waals surface area (Å²) in [7, 11) is 0. The van der Waals surface area contributed by atoms with Gasteiger partial charge in [0, 0.05) is 30.2 Å². The zero-order valence-electron chi connectivity index (χ0n) is 14.5. The number of anilines is 3. The van der Waals surface area contributed by atoms with Gasteiger partial charge in [-0.15, -0.1) is 0 Å². The van der Waals surface area contributed by atoms with E-state index in [0.717, 1.165) is 23.6 Å². The molecule has 0 amide bonds. The van der Waals surface area contributed by atoms with E-state index in [0.29, 0.717) is 6.54 Å². The maximum absolute atomic E-state index is 9.33. The maximum Gasteiger partial charge on any atom is 0.0636 e. The van der Waals surface area contributed by atoms with Crippen molar-refractivity contribution in [1.29, 1.82) is 0 Å². The second-order valence-corrected chi connectivity index (χ2v) is 6.15. The highest BCUT2D eigenvalue weighted by molar-refractivity contribution is 5.76. The first-order valence-corrected chi connectivity index (χ1v) is 8.62. The Kier molecular flexibility index (Phi) is 5.83. The van der Waals surface area contributed by atoms with Crippen LogP contribution in [0.15, 0.2) is 84.9 Å². The molecule has 1 atom stereocenters. The third-order valence-corrected chi connectivity index (χ3v) is 3.99. The molecule has 128 valence electrons. The van der Waals surface area contributed by atoms with Crippen molar-refractivity contribution in [3.63, 3.8) is 0 Å². The van der Waals surface area contributed by atoms with E-state index in [1.807, 2.05) is 12.1 Å². The van der Waals surface area contributed by atoms with Gasteiger partial charge in [-0.2, -0.15) is 0 Å². The summed E-state index contributed by atoms with van der Waals surface area (Å²) < 4.78 is 0. The SMILES string of the molecule is CC(O)CNCc1ccc(N(c2ccccc2)c2ccccc2)cc1. The predicted octanol–water partition coefficient (Wildman–Crippen LogP) is 4.63. The second-order valence-electron chi connectivity index (χ2n) is 6.15. The van der Waals surface area contributed by atoms with Crippen molar-refractivity contribution in [2.75, 3.05) is 11.4 Å². The lowest BCUT2D eigenvalue weighted by atomic mass is 10.1. The number of benzene rings is 3. The summed E-state index contributed by atoms with van der Waals surface area (Å²) in [5, 5.41) is 12.6. The number of hydrogen-bond acceptors (Lipinski definition) is 3. The topological polar surface area (TPSA) is 35.5 Å². The van der Waals surface area contributed by atoms with Gasteiger partial charge in [-0.3, -0.25) is 0 Å². The number of nitrogens with one attached hydrogen (secondary N) is 1. The summed E-state index contributed by atoms with van der Waals surface area (Å²) in [6.07, 6.45) is -0.328. The van der Waals surface area contributed by atoms with Gasteiger partial charge in [0.15, 0.2) is 0 Å². The van der Waals surface area contributed by atoms with Crippen molar-refractivity contribution in [2.45, 2.75) is 19.6 Å². The number of aliphatic hydroxyl groups excluding tert-OH is 1. The van der Waals surface area contributed by atoms with Gasteiger partial charge in [0.1, 0.15) is 0 Å². The molecule has 3 aromatic rings. The highest BCUT2D eigenvalue weighted by Crippen LogP contribution is 2.33. The quantitative estimate of drug-likeness (QED) is 0.662. The summed E-state index contributed by atoms with van der Waals surface area (Å²) in [5.74, 6) is 0. The van der Waals surface area contributed by atoms with E-state index in [2.05, 4.69) is 83.0 Å². The van der Waals surface area contributed by atoms with Crippen LogP contribution in [0.5, 0.6) is 0 Å². The van der Waals surface area contributed by atoms with Crippen molar-refractivity contribution >= 4 is 17.1 Å². The summed E-state index contributed by atoms with van der Waals surface area (Å²) in [5.41, 5.74) is 4.59. The molecule has 3 rings (SSSR count). The van der Waals surface area contributed by atoms with E-state index in [-0.39, 0.29) is 6.10 Å². The fourth-order valence-corrected chi connectivity index (χ4v) is 2.79. The van der Waals surface area contributed by atoms with Crippen molar-refractivity contribution in [3.8, 4) is 0 Å². The van der Waals surface area contributed by atoms with Crippen LogP contribution in [0.4, 0.5) is 17.1 Å². The minimum Gasteiger partial charge on any atom is -0.392 e. The van der Waals surface area contributed by atoms with E-state index in [1.165, 1.54) is 5.56 Å². The highest BCUT2D eigenvalue weighted by Gasteiger charge is 2.11. The molecule has 0 aliphatic rings. The molecule has 0 saturated carbocycles. The molecule has 1 unspecified atom stereocenters. The Labute approximate surface area is 149 Å². The van der Waals surface area contributed by atoms with Crippen LogP contribution < -0.4 is 10.2 Å². The largest absolute Gasteiger partial charge is 0.392 e. The molecule has 0 aliphatic heterocycles. The first-order chi connectivity index (χ1) is 12.2. The Morgan fingerprint density at radius 2 is 1.24 bits per heavy atom.